The van der Waals surface area contributed by atoms with Crippen molar-refractivity contribution in [1.82, 2.24) is 20.2 Å². The second-order valence-electron chi connectivity index (χ2n) is 10.0. The fraction of sp³-hybridized carbons (Fsp3) is 0.414. The second kappa shape index (κ2) is 12.2. The number of hydrogen-bond acceptors (Lipinski definition) is 7. The van der Waals surface area contributed by atoms with E-state index >= 15 is 0 Å². The third-order valence-electron chi connectivity index (χ3n) is 6.49. The van der Waals surface area contributed by atoms with Crippen LogP contribution in [0.25, 0.3) is 5.69 Å². The maximum Gasteiger partial charge on any atom is 0.297 e. The molecule has 0 aliphatic heterocycles. The number of anilines is 1. The minimum atomic E-state index is -0.660. The average molecular weight is 520 g/mol. The van der Waals surface area contributed by atoms with Crippen LogP contribution in [0.3, 0.4) is 0 Å². The van der Waals surface area contributed by atoms with Gasteiger partial charge in [-0.1, -0.05) is 24.3 Å². The fourth-order valence-electron chi connectivity index (χ4n) is 4.20. The zero-order valence-corrected chi connectivity index (χ0v) is 22.5. The van der Waals surface area contributed by atoms with Gasteiger partial charge in [0.1, 0.15) is 12.4 Å². The number of nitrogens with zero attached hydrogens (tertiary/aromatic N) is 2. The summed E-state index contributed by atoms with van der Waals surface area (Å²) in [5.74, 6) is 0.821. The maximum absolute atomic E-state index is 13.6. The Bertz CT molecular complexity index is 1320. The van der Waals surface area contributed by atoms with E-state index in [1.165, 1.54) is 4.57 Å². The molecule has 2 aromatic carbocycles. The largest absolute Gasteiger partial charge is 0.492 e. The molecular formula is C29H37N5O4. The van der Waals surface area contributed by atoms with Crippen LogP contribution in [-0.4, -0.2) is 54.9 Å². The number of carbonyl (C=O) groups excluding carboxylic acids is 1. The van der Waals surface area contributed by atoms with Crippen molar-refractivity contribution in [2.24, 2.45) is 0 Å². The molecule has 1 heterocycles. The van der Waals surface area contributed by atoms with Crippen LogP contribution in [0.2, 0.25) is 0 Å². The van der Waals surface area contributed by atoms with E-state index in [0.717, 1.165) is 36.3 Å². The molecule has 9 heteroatoms. The first-order chi connectivity index (χ1) is 18.3. The van der Waals surface area contributed by atoms with Gasteiger partial charge >= 0.3 is 0 Å². The summed E-state index contributed by atoms with van der Waals surface area (Å²) in [5.41, 5.74) is 1.99. The van der Waals surface area contributed by atoms with Crippen molar-refractivity contribution in [3.8, 4) is 11.4 Å². The number of amides is 1. The summed E-state index contributed by atoms with van der Waals surface area (Å²) >= 11 is 0. The number of benzene rings is 2. The molecule has 1 aliphatic rings. The maximum atomic E-state index is 13.6. The monoisotopic (exact) mass is 519 g/mol. The molecule has 0 spiro atoms. The number of rotatable bonds is 13. The fourth-order valence-corrected chi connectivity index (χ4v) is 4.20. The van der Waals surface area contributed by atoms with E-state index in [4.69, 9.17) is 9.47 Å². The Balaban J connectivity index is 1.54. The summed E-state index contributed by atoms with van der Waals surface area (Å²) in [5, 5.41) is 9.60. The number of aromatic nitrogens is 2. The predicted molar refractivity (Wildman–Crippen MR) is 148 cm³/mol. The standard InChI is InChI=1S/C29H37N5O4/c1-20-9-10-21(27(35)32-22-11-12-22)19-24(20)34-16-13-31-26(28(34)36)33-29(2,3)23-7-5-6-8-25(23)38-18-15-30-14-17-37-4/h5-10,13,16,19,22,30H,11-12,14-15,17-18H2,1-4H3,(H,31,33)(H,32,35). The van der Waals surface area contributed by atoms with Crippen molar-refractivity contribution in [2.45, 2.75) is 45.2 Å². The van der Waals surface area contributed by atoms with E-state index in [1.54, 1.807) is 31.6 Å². The van der Waals surface area contributed by atoms with Gasteiger partial charge in [0.05, 0.1) is 17.8 Å². The molecule has 0 saturated heterocycles. The minimum Gasteiger partial charge on any atom is -0.492 e. The topological polar surface area (TPSA) is 107 Å². The molecule has 3 aromatic rings. The van der Waals surface area contributed by atoms with Crippen LogP contribution in [0.15, 0.2) is 59.7 Å². The van der Waals surface area contributed by atoms with Crippen LogP contribution >= 0.6 is 0 Å². The number of aryl methyl sites for hydroxylation is 1. The first-order valence-electron chi connectivity index (χ1n) is 13.0. The van der Waals surface area contributed by atoms with Crippen LogP contribution in [0.1, 0.15) is 48.2 Å². The predicted octanol–water partition coefficient (Wildman–Crippen LogP) is 3.40. The lowest BCUT2D eigenvalue weighted by Gasteiger charge is -2.29. The van der Waals surface area contributed by atoms with E-state index in [2.05, 4.69) is 20.9 Å². The number of hydrogen-bond donors (Lipinski definition) is 3. The molecule has 0 radical (unpaired) electrons. The third-order valence-corrected chi connectivity index (χ3v) is 6.49. The number of ether oxygens (including phenoxy) is 2. The Morgan fingerprint density at radius 3 is 2.66 bits per heavy atom. The molecule has 0 atom stereocenters. The van der Waals surface area contributed by atoms with E-state index in [1.807, 2.05) is 51.1 Å². The van der Waals surface area contributed by atoms with Gasteiger partial charge < -0.3 is 25.4 Å². The van der Waals surface area contributed by atoms with Gasteiger partial charge in [0.2, 0.25) is 0 Å². The average Bonchev–Trinajstić information content (AvgIpc) is 3.72. The van der Waals surface area contributed by atoms with Gasteiger partial charge in [0.25, 0.3) is 11.5 Å². The third kappa shape index (κ3) is 6.79. The van der Waals surface area contributed by atoms with Crippen LogP contribution in [0.5, 0.6) is 5.75 Å². The van der Waals surface area contributed by atoms with Crippen LogP contribution in [0, 0.1) is 6.92 Å². The lowest BCUT2D eigenvalue weighted by Crippen LogP contribution is -2.34. The zero-order chi connectivity index (χ0) is 27.1. The first kappa shape index (κ1) is 27.3. The van der Waals surface area contributed by atoms with Crippen molar-refractivity contribution < 1.29 is 14.3 Å². The quantitative estimate of drug-likeness (QED) is 0.297. The lowest BCUT2D eigenvalue weighted by atomic mass is 9.93. The van der Waals surface area contributed by atoms with Crippen molar-refractivity contribution >= 4 is 11.7 Å². The Morgan fingerprint density at radius 1 is 1.13 bits per heavy atom. The molecule has 9 nitrogen and oxygen atoms in total. The Morgan fingerprint density at radius 2 is 1.89 bits per heavy atom. The highest BCUT2D eigenvalue weighted by molar-refractivity contribution is 5.95. The van der Waals surface area contributed by atoms with Crippen molar-refractivity contribution in [3.63, 3.8) is 0 Å². The van der Waals surface area contributed by atoms with Gasteiger partial charge in [-0.15, -0.1) is 0 Å². The summed E-state index contributed by atoms with van der Waals surface area (Å²) in [7, 11) is 1.67. The molecule has 38 heavy (non-hydrogen) atoms. The van der Waals surface area contributed by atoms with Gasteiger partial charge in [0, 0.05) is 49.8 Å². The van der Waals surface area contributed by atoms with Crippen molar-refractivity contribution in [3.05, 3.63) is 81.9 Å². The summed E-state index contributed by atoms with van der Waals surface area (Å²) in [6, 6.07) is 13.4. The van der Waals surface area contributed by atoms with Crippen LogP contribution in [0.4, 0.5) is 5.82 Å². The molecule has 0 bridgehead atoms. The Hall–Kier alpha value is -3.69. The van der Waals surface area contributed by atoms with E-state index in [9.17, 15) is 9.59 Å². The van der Waals surface area contributed by atoms with Crippen LogP contribution in [-0.2, 0) is 10.3 Å². The SMILES string of the molecule is COCCNCCOc1ccccc1C(C)(C)Nc1nccn(-c2cc(C(=O)NC3CC3)ccc2C)c1=O. The summed E-state index contributed by atoms with van der Waals surface area (Å²) < 4.78 is 12.6. The lowest BCUT2D eigenvalue weighted by molar-refractivity contribution is 0.0951. The van der Waals surface area contributed by atoms with E-state index in [0.29, 0.717) is 31.0 Å². The molecule has 4 rings (SSSR count). The zero-order valence-electron chi connectivity index (χ0n) is 22.5. The molecule has 1 amide bonds. The molecule has 1 saturated carbocycles. The van der Waals surface area contributed by atoms with Gasteiger partial charge in [-0.05, 0) is 57.4 Å². The van der Waals surface area contributed by atoms with Crippen LogP contribution < -0.4 is 26.2 Å². The summed E-state index contributed by atoms with van der Waals surface area (Å²) in [6.07, 6.45) is 5.24. The van der Waals surface area contributed by atoms with Gasteiger partial charge in [0.15, 0.2) is 5.82 Å². The smallest absolute Gasteiger partial charge is 0.297 e. The highest BCUT2D eigenvalue weighted by atomic mass is 16.5. The normalized spacial score (nSPS) is 13.3. The number of carbonyl (C=O) groups is 1. The van der Waals surface area contributed by atoms with Gasteiger partial charge in [-0.3, -0.25) is 14.2 Å². The molecule has 1 fully saturated rings. The second-order valence-corrected chi connectivity index (χ2v) is 10.0. The summed E-state index contributed by atoms with van der Waals surface area (Å²) in [6.45, 7) is 8.47. The van der Waals surface area contributed by atoms with Gasteiger partial charge in [-0.25, -0.2) is 4.98 Å². The first-order valence-corrected chi connectivity index (χ1v) is 13.0. The molecule has 1 aliphatic carbocycles. The molecular weight excluding hydrogens is 482 g/mol. The number of nitrogens with one attached hydrogen (secondary N) is 3. The molecule has 1 aromatic heterocycles. The highest BCUT2D eigenvalue weighted by Gasteiger charge is 2.27. The van der Waals surface area contributed by atoms with E-state index < -0.39 is 5.54 Å². The van der Waals surface area contributed by atoms with Gasteiger partial charge in [-0.2, -0.15) is 0 Å². The summed E-state index contributed by atoms with van der Waals surface area (Å²) in [4.78, 5) is 30.5. The van der Waals surface area contributed by atoms with Crippen molar-refractivity contribution in [2.75, 3.05) is 38.7 Å². The Labute approximate surface area is 223 Å². The molecule has 3 N–H and O–H groups in total. The Kier molecular flexibility index (Phi) is 8.81. The van der Waals surface area contributed by atoms with E-state index in [-0.39, 0.29) is 23.3 Å². The molecule has 202 valence electrons. The van der Waals surface area contributed by atoms with Crippen molar-refractivity contribution in [1.29, 1.82) is 0 Å². The molecule has 0 unspecified atom stereocenters. The minimum absolute atomic E-state index is 0.124. The number of para-hydroxylation sites is 1. The number of methoxy groups -OCH3 is 1. The highest BCUT2D eigenvalue weighted by Crippen LogP contribution is 2.32.